The minimum Gasteiger partial charge on any atom is -0.371 e. The van der Waals surface area contributed by atoms with Crippen molar-refractivity contribution in [2.45, 2.75) is 31.6 Å². The molecular formula is C22H26FN3O2S. The third-order valence-electron chi connectivity index (χ3n) is 4.85. The molecule has 1 unspecified atom stereocenters. The highest BCUT2D eigenvalue weighted by Gasteiger charge is 2.18. The maximum absolute atomic E-state index is 12.9. The lowest BCUT2D eigenvalue weighted by Crippen LogP contribution is -2.32. The molecule has 2 aromatic rings. The predicted molar refractivity (Wildman–Crippen MR) is 117 cm³/mol. The van der Waals surface area contributed by atoms with Crippen molar-refractivity contribution < 1.29 is 14.0 Å². The number of benzene rings is 2. The minimum absolute atomic E-state index is 0.0965. The Labute approximate surface area is 175 Å². The van der Waals surface area contributed by atoms with Crippen molar-refractivity contribution in [3.63, 3.8) is 0 Å². The summed E-state index contributed by atoms with van der Waals surface area (Å²) in [5.74, 6) is -0.522. The molecular weight excluding hydrogens is 389 g/mol. The average molecular weight is 416 g/mol. The van der Waals surface area contributed by atoms with Crippen molar-refractivity contribution in [3.05, 3.63) is 59.9 Å². The molecule has 154 valence electrons. The largest absolute Gasteiger partial charge is 0.371 e. The Bertz CT molecular complexity index is 838. The van der Waals surface area contributed by atoms with Gasteiger partial charge in [-0.15, -0.1) is 11.8 Å². The molecule has 3 rings (SSSR count). The van der Waals surface area contributed by atoms with Crippen LogP contribution in [0, 0.1) is 5.82 Å². The van der Waals surface area contributed by atoms with Gasteiger partial charge < -0.3 is 15.5 Å². The van der Waals surface area contributed by atoms with Gasteiger partial charge in [-0.1, -0.05) is 18.2 Å². The first-order valence-electron chi connectivity index (χ1n) is 9.80. The van der Waals surface area contributed by atoms with Gasteiger partial charge in [0.15, 0.2) is 0 Å². The molecule has 29 heavy (non-hydrogen) atoms. The summed E-state index contributed by atoms with van der Waals surface area (Å²) in [4.78, 5) is 26.8. The van der Waals surface area contributed by atoms with Gasteiger partial charge in [0, 0.05) is 31.0 Å². The molecule has 1 saturated heterocycles. The Morgan fingerprint density at radius 2 is 1.79 bits per heavy atom. The number of amides is 2. The SMILES string of the molecule is CC(SCC(=O)Nc1ccc(F)cc1)C(=O)NCc1ccccc1N1CCCC1. The van der Waals surface area contributed by atoms with Crippen LogP contribution in [-0.2, 0) is 16.1 Å². The molecule has 2 amide bonds. The predicted octanol–water partition coefficient (Wildman–Crippen LogP) is 3.80. The second kappa shape index (κ2) is 10.3. The number of anilines is 2. The smallest absolute Gasteiger partial charge is 0.234 e. The van der Waals surface area contributed by atoms with Gasteiger partial charge >= 0.3 is 0 Å². The first kappa shape index (κ1) is 21.2. The van der Waals surface area contributed by atoms with Crippen LogP contribution in [0.15, 0.2) is 48.5 Å². The van der Waals surface area contributed by atoms with Crippen LogP contribution in [0.5, 0.6) is 0 Å². The Kier molecular flexibility index (Phi) is 7.52. The maximum Gasteiger partial charge on any atom is 0.234 e. The number of hydrogen-bond acceptors (Lipinski definition) is 4. The Hall–Kier alpha value is -2.54. The van der Waals surface area contributed by atoms with E-state index in [1.807, 2.05) is 18.2 Å². The molecule has 1 fully saturated rings. The van der Waals surface area contributed by atoms with E-state index in [-0.39, 0.29) is 28.6 Å². The molecule has 0 aromatic heterocycles. The summed E-state index contributed by atoms with van der Waals surface area (Å²) in [6, 6.07) is 13.7. The molecule has 1 atom stereocenters. The van der Waals surface area contributed by atoms with Crippen LogP contribution in [0.25, 0.3) is 0 Å². The van der Waals surface area contributed by atoms with Gasteiger partial charge in [0.25, 0.3) is 0 Å². The van der Waals surface area contributed by atoms with E-state index in [9.17, 15) is 14.0 Å². The standard InChI is InChI=1S/C22H26FN3O2S/c1-16(29-15-21(27)25-19-10-8-18(23)9-11-19)22(28)24-14-17-6-2-3-7-20(17)26-12-4-5-13-26/h2-3,6-11,16H,4-5,12-15H2,1H3,(H,24,28)(H,25,27). The molecule has 0 aliphatic carbocycles. The zero-order valence-electron chi connectivity index (χ0n) is 16.5. The summed E-state index contributed by atoms with van der Waals surface area (Å²) in [6.07, 6.45) is 2.41. The second-order valence-corrected chi connectivity index (χ2v) is 8.38. The fourth-order valence-corrected chi connectivity index (χ4v) is 3.97. The minimum atomic E-state index is -0.354. The maximum atomic E-state index is 12.9. The number of halogens is 1. The van der Waals surface area contributed by atoms with Gasteiger partial charge in [-0.3, -0.25) is 9.59 Å². The molecule has 7 heteroatoms. The van der Waals surface area contributed by atoms with E-state index in [1.54, 1.807) is 6.92 Å². The van der Waals surface area contributed by atoms with Crippen molar-refractivity contribution in [2.24, 2.45) is 0 Å². The zero-order chi connectivity index (χ0) is 20.6. The average Bonchev–Trinajstić information content (AvgIpc) is 3.27. The summed E-state index contributed by atoms with van der Waals surface area (Å²) in [6.45, 7) is 4.37. The number of para-hydroxylation sites is 1. The molecule has 2 N–H and O–H groups in total. The topological polar surface area (TPSA) is 61.4 Å². The van der Waals surface area contributed by atoms with E-state index in [2.05, 4.69) is 21.6 Å². The Morgan fingerprint density at radius 1 is 1.10 bits per heavy atom. The summed E-state index contributed by atoms with van der Waals surface area (Å²) in [5, 5.41) is 5.32. The number of carbonyl (C=O) groups is 2. The molecule has 5 nitrogen and oxygen atoms in total. The molecule has 0 bridgehead atoms. The van der Waals surface area contributed by atoms with E-state index in [0.29, 0.717) is 12.2 Å². The fourth-order valence-electron chi connectivity index (χ4n) is 3.26. The number of thioether (sulfide) groups is 1. The number of carbonyl (C=O) groups excluding carboxylic acids is 2. The van der Waals surface area contributed by atoms with Gasteiger partial charge in [-0.05, 0) is 55.7 Å². The number of nitrogens with zero attached hydrogens (tertiary/aromatic N) is 1. The first-order chi connectivity index (χ1) is 14.0. The molecule has 0 saturated carbocycles. The molecule has 1 aliphatic heterocycles. The molecule has 0 spiro atoms. The summed E-state index contributed by atoms with van der Waals surface area (Å²) >= 11 is 1.27. The quantitative estimate of drug-likeness (QED) is 0.688. The lowest BCUT2D eigenvalue weighted by atomic mass is 10.1. The van der Waals surface area contributed by atoms with Crippen molar-refractivity contribution in [1.29, 1.82) is 0 Å². The van der Waals surface area contributed by atoms with Crippen LogP contribution in [0.1, 0.15) is 25.3 Å². The molecule has 1 heterocycles. The number of hydrogen-bond donors (Lipinski definition) is 2. The Balaban J connectivity index is 1.45. The van der Waals surface area contributed by atoms with Crippen LogP contribution in [-0.4, -0.2) is 35.9 Å². The fraction of sp³-hybridized carbons (Fsp3) is 0.364. The van der Waals surface area contributed by atoms with Gasteiger partial charge in [0.2, 0.25) is 11.8 Å². The van der Waals surface area contributed by atoms with Crippen molar-refractivity contribution >= 4 is 35.0 Å². The second-order valence-electron chi connectivity index (χ2n) is 7.05. The van der Waals surface area contributed by atoms with Crippen LogP contribution >= 0.6 is 11.8 Å². The van der Waals surface area contributed by atoms with E-state index < -0.39 is 0 Å². The van der Waals surface area contributed by atoms with Crippen molar-refractivity contribution in [1.82, 2.24) is 5.32 Å². The van der Waals surface area contributed by atoms with E-state index in [0.717, 1.165) is 18.7 Å². The highest BCUT2D eigenvalue weighted by molar-refractivity contribution is 8.01. The van der Waals surface area contributed by atoms with Gasteiger partial charge in [0.05, 0.1) is 11.0 Å². The highest BCUT2D eigenvalue weighted by atomic mass is 32.2. The normalized spacial score (nSPS) is 14.5. The van der Waals surface area contributed by atoms with Gasteiger partial charge in [-0.2, -0.15) is 0 Å². The van der Waals surface area contributed by atoms with Crippen LogP contribution in [0.4, 0.5) is 15.8 Å². The molecule has 0 radical (unpaired) electrons. The lowest BCUT2D eigenvalue weighted by molar-refractivity contribution is -0.120. The monoisotopic (exact) mass is 415 g/mol. The van der Waals surface area contributed by atoms with E-state index in [1.165, 1.54) is 54.6 Å². The molecule has 2 aromatic carbocycles. The van der Waals surface area contributed by atoms with E-state index in [4.69, 9.17) is 0 Å². The van der Waals surface area contributed by atoms with E-state index >= 15 is 0 Å². The summed E-state index contributed by atoms with van der Waals surface area (Å²) in [7, 11) is 0. The third-order valence-corrected chi connectivity index (χ3v) is 6.00. The lowest BCUT2D eigenvalue weighted by Gasteiger charge is -2.22. The van der Waals surface area contributed by atoms with Gasteiger partial charge in [-0.25, -0.2) is 4.39 Å². The van der Waals surface area contributed by atoms with Crippen molar-refractivity contribution in [2.75, 3.05) is 29.1 Å². The third kappa shape index (κ3) is 6.22. The summed E-state index contributed by atoms with van der Waals surface area (Å²) < 4.78 is 12.9. The Morgan fingerprint density at radius 3 is 2.52 bits per heavy atom. The van der Waals surface area contributed by atoms with Gasteiger partial charge in [0.1, 0.15) is 5.82 Å². The first-order valence-corrected chi connectivity index (χ1v) is 10.9. The zero-order valence-corrected chi connectivity index (χ0v) is 17.3. The molecule has 1 aliphatic rings. The summed E-state index contributed by atoms with van der Waals surface area (Å²) in [5.41, 5.74) is 2.82. The van der Waals surface area contributed by atoms with Crippen LogP contribution in [0.2, 0.25) is 0 Å². The highest BCUT2D eigenvalue weighted by Crippen LogP contribution is 2.24. The number of nitrogens with one attached hydrogen (secondary N) is 2. The van der Waals surface area contributed by atoms with Crippen LogP contribution < -0.4 is 15.5 Å². The van der Waals surface area contributed by atoms with Crippen LogP contribution in [0.3, 0.4) is 0 Å². The number of rotatable bonds is 8. The van der Waals surface area contributed by atoms with Crippen molar-refractivity contribution in [3.8, 4) is 0 Å².